The average Bonchev–Trinajstić information content (AvgIpc) is 2.60. The van der Waals surface area contributed by atoms with Crippen LogP contribution in [0.15, 0.2) is 24.3 Å². The summed E-state index contributed by atoms with van der Waals surface area (Å²) < 4.78 is 13.2. The van der Waals surface area contributed by atoms with Gasteiger partial charge in [0.05, 0.1) is 12.6 Å². The normalized spacial score (nSPS) is 16.5. The third-order valence-corrected chi connectivity index (χ3v) is 4.99. The van der Waals surface area contributed by atoms with Crippen LogP contribution in [-0.2, 0) is 9.59 Å². The molecule has 0 bridgehead atoms. The number of anilines is 1. The topological polar surface area (TPSA) is 52.7 Å². The van der Waals surface area contributed by atoms with Crippen molar-refractivity contribution in [2.75, 3.05) is 26.0 Å². The molecule has 1 aliphatic rings. The Labute approximate surface area is 149 Å². The Kier molecular flexibility index (Phi) is 6.93. The SMILES string of the molecule is C[C@@H](C(=O)N(C)C1CCCCC1)N(C)CC(=O)Nc1cccc(F)c1. The second-order valence-electron chi connectivity index (χ2n) is 6.89. The zero-order valence-corrected chi connectivity index (χ0v) is 15.3. The first-order chi connectivity index (χ1) is 11.9. The summed E-state index contributed by atoms with van der Waals surface area (Å²) in [5.41, 5.74) is 0.414. The van der Waals surface area contributed by atoms with Crippen LogP contribution in [-0.4, -0.2) is 54.3 Å². The number of likely N-dealkylation sites (N-methyl/N-ethyl adjacent to an activating group) is 2. The molecule has 1 aromatic carbocycles. The number of halogens is 1. The van der Waals surface area contributed by atoms with Crippen molar-refractivity contribution >= 4 is 17.5 Å². The van der Waals surface area contributed by atoms with Crippen molar-refractivity contribution < 1.29 is 14.0 Å². The van der Waals surface area contributed by atoms with Crippen LogP contribution < -0.4 is 5.32 Å². The van der Waals surface area contributed by atoms with Crippen molar-refractivity contribution in [3.05, 3.63) is 30.1 Å². The minimum atomic E-state index is -0.399. The maximum Gasteiger partial charge on any atom is 0.239 e. The Morgan fingerprint density at radius 3 is 2.56 bits per heavy atom. The number of hydrogen-bond donors (Lipinski definition) is 1. The fourth-order valence-electron chi connectivity index (χ4n) is 3.26. The van der Waals surface area contributed by atoms with Gasteiger partial charge in [-0.3, -0.25) is 14.5 Å². The standard InChI is InChI=1S/C19H28FN3O2/c1-14(19(25)23(3)17-10-5-4-6-11-17)22(2)13-18(24)21-16-9-7-8-15(20)12-16/h7-9,12,14,17H,4-6,10-11,13H2,1-3H3,(H,21,24)/t14-/m0/s1. The maximum absolute atomic E-state index is 13.2. The molecular weight excluding hydrogens is 321 g/mol. The quantitative estimate of drug-likeness (QED) is 0.859. The fourth-order valence-corrected chi connectivity index (χ4v) is 3.26. The van der Waals surface area contributed by atoms with Crippen molar-refractivity contribution in [2.45, 2.75) is 51.1 Å². The van der Waals surface area contributed by atoms with Crippen LogP contribution in [0.3, 0.4) is 0 Å². The van der Waals surface area contributed by atoms with Crippen molar-refractivity contribution in [1.82, 2.24) is 9.80 Å². The third-order valence-electron chi connectivity index (χ3n) is 4.99. The minimum Gasteiger partial charge on any atom is -0.341 e. The zero-order chi connectivity index (χ0) is 18.4. The highest BCUT2D eigenvalue weighted by Gasteiger charge is 2.28. The largest absolute Gasteiger partial charge is 0.341 e. The lowest BCUT2D eigenvalue weighted by Crippen LogP contribution is -2.49. The van der Waals surface area contributed by atoms with E-state index < -0.39 is 5.82 Å². The summed E-state index contributed by atoms with van der Waals surface area (Å²) in [6.07, 6.45) is 5.69. The molecule has 2 rings (SSSR count). The Morgan fingerprint density at radius 1 is 1.24 bits per heavy atom. The number of amides is 2. The van der Waals surface area contributed by atoms with E-state index in [1.165, 1.54) is 31.4 Å². The smallest absolute Gasteiger partial charge is 0.239 e. The van der Waals surface area contributed by atoms with E-state index in [0.717, 1.165) is 12.8 Å². The van der Waals surface area contributed by atoms with E-state index >= 15 is 0 Å². The first kappa shape index (κ1) is 19.4. The lowest BCUT2D eigenvalue weighted by Gasteiger charge is -2.35. The highest BCUT2D eigenvalue weighted by atomic mass is 19.1. The van der Waals surface area contributed by atoms with Gasteiger partial charge in [0.1, 0.15) is 5.82 Å². The summed E-state index contributed by atoms with van der Waals surface area (Å²) in [5, 5.41) is 2.65. The second kappa shape index (κ2) is 8.94. The average molecular weight is 349 g/mol. The maximum atomic E-state index is 13.2. The van der Waals surface area contributed by atoms with E-state index in [-0.39, 0.29) is 24.4 Å². The molecule has 0 aliphatic heterocycles. The van der Waals surface area contributed by atoms with Gasteiger partial charge in [0.25, 0.3) is 0 Å². The second-order valence-corrected chi connectivity index (χ2v) is 6.89. The van der Waals surface area contributed by atoms with Crippen molar-refractivity contribution in [2.24, 2.45) is 0 Å². The van der Waals surface area contributed by atoms with Crippen molar-refractivity contribution in [3.63, 3.8) is 0 Å². The van der Waals surface area contributed by atoms with Gasteiger partial charge >= 0.3 is 0 Å². The highest BCUT2D eigenvalue weighted by molar-refractivity contribution is 5.92. The minimum absolute atomic E-state index is 0.0351. The Hall–Kier alpha value is -1.95. The number of benzene rings is 1. The number of rotatable bonds is 6. The molecule has 1 N–H and O–H groups in total. The molecule has 1 aromatic rings. The van der Waals surface area contributed by atoms with Crippen LogP contribution in [0.1, 0.15) is 39.0 Å². The molecule has 0 heterocycles. The first-order valence-electron chi connectivity index (χ1n) is 8.91. The van der Waals surface area contributed by atoms with E-state index in [9.17, 15) is 14.0 Å². The molecule has 0 radical (unpaired) electrons. The predicted molar refractivity (Wildman–Crippen MR) is 96.8 cm³/mol. The molecule has 6 heteroatoms. The Morgan fingerprint density at radius 2 is 1.92 bits per heavy atom. The summed E-state index contributed by atoms with van der Waals surface area (Å²) >= 11 is 0. The van der Waals surface area contributed by atoms with E-state index in [4.69, 9.17) is 0 Å². The number of carbonyl (C=O) groups is 2. The highest BCUT2D eigenvalue weighted by Crippen LogP contribution is 2.22. The summed E-state index contributed by atoms with van der Waals surface area (Å²) in [7, 11) is 3.61. The van der Waals surface area contributed by atoms with Crippen molar-refractivity contribution in [1.29, 1.82) is 0 Å². The van der Waals surface area contributed by atoms with Gasteiger partial charge in [-0.2, -0.15) is 0 Å². The predicted octanol–water partition coefficient (Wildman–Crippen LogP) is 2.88. The fraction of sp³-hybridized carbons (Fsp3) is 0.579. The van der Waals surface area contributed by atoms with Gasteiger partial charge in [-0.15, -0.1) is 0 Å². The van der Waals surface area contributed by atoms with Gasteiger partial charge in [-0.1, -0.05) is 25.3 Å². The molecule has 25 heavy (non-hydrogen) atoms. The Bertz CT molecular complexity index is 602. The molecular formula is C19H28FN3O2. The number of carbonyl (C=O) groups excluding carboxylic acids is 2. The molecule has 0 unspecified atom stereocenters. The van der Waals surface area contributed by atoms with Crippen LogP contribution in [0.5, 0.6) is 0 Å². The zero-order valence-electron chi connectivity index (χ0n) is 15.3. The molecule has 1 aliphatic carbocycles. The van der Waals surface area contributed by atoms with E-state index in [0.29, 0.717) is 11.7 Å². The molecule has 0 saturated heterocycles. The molecule has 5 nitrogen and oxygen atoms in total. The number of hydrogen-bond acceptors (Lipinski definition) is 3. The monoisotopic (exact) mass is 349 g/mol. The van der Waals surface area contributed by atoms with Gasteiger partial charge in [0, 0.05) is 18.8 Å². The van der Waals surface area contributed by atoms with Crippen LogP contribution in [0.25, 0.3) is 0 Å². The third kappa shape index (κ3) is 5.53. The van der Waals surface area contributed by atoms with E-state index in [1.807, 2.05) is 18.9 Å². The number of nitrogens with zero attached hydrogens (tertiary/aromatic N) is 2. The molecule has 1 fully saturated rings. The first-order valence-corrected chi connectivity index (χ1v) is 8.91. The number of nitrogens with one attached hydrogen (secondary N) is 1. The molecule has 1 atom stereocenters. The van der Waals surface area contributed by atoms with Crippen molar-refractivity contribution in [3.8, 4) is 0 Å². The van der Waals surface area contributed by atoms with Crippen LogP contribution in [0.4, 0.5) is 10.1 Å². The van der Waals surface area contributed by atoms with Gasteiger partial charge in [-0.05, 0) is 45.0 Å². The lowest BCUT2D eigenvalue weighted by atomic mass is 9.94. The van der Waals surface area contributed by atoms with Crippen LogP contribution in [0.2, 0.25) is 0 Å². The molecule has 138 valence electrons. The summed E-state index contributed by atoms with van der Waals surface area (Å²) in [4.78, 5) is 28.4. The lowest BCUT2D eigenvalue weighted by molar-refractivity contribution is -0.137. The van der Waals surface area contributed by atoms with Gasteiger partial charge in [0.15, 0.2) is 0 Å². The van der Waals surface area contributed by atoms with E-state index in [2.05, 4.69) is 5.32 Å². The van der Waals surface area contributed by atoms with Gasteiger partial charge < -0.3 is 10.2 Å². The van der Waals surface area contributed by atoms with Crippen LogP contribution in [0, 0.1) is 5.82 Å². The van der Waals surface area contributed by atoms with Gasteiger partial charge in [0.2, 0.25) is 11.8 Å². The van der Waals surface area contributed by atoms with E-state index in [1.54, 1.807) is 24.1 Å². The van der Waals surface area contributed by atoms with Crippen LogP contribution >= 0.6 is 0 Å². The summed E-state index contributed by atoms with van der Waals surface area (Å²) in [6, 6.07) is 5.68. The summed E-state index contributed by atoms with van der Waals surface area (Å²) in [5.74, 6) is -0.634. The Balaban J connectivity index is 1.86. The van der Waals surface area contributed by atoms with Gasteiger partial charge in [-0.25, -0.2) is 4.39 Å². The molecule has 1 saturated carbocycles. The summed E-state index contributed by atoms with van der Waals surface area (Å²) in [6.45, 7) is 1.89. The molecule has 0 spiro atoms. The molecule has 2 amide bonds. The molecule has 0 aromatic heterocycles.